The van der Waals surface area contributed by atoms with Gasteiger partial charge >= 0.3 is 0 Å². The normalized spacial score (nSPS) is 10.4. The SMILES string of the molecule is N#Cc1cc(Cl)cc(Oc2c(Cl)ccc(CNC(=O)c3[nH]ccc3Cl)c2F)c1. The molecule has 1 heterocycles. The number of amides is 1. The lowest BCUT2D eigenvalue weighted by molar-refractivity contribution is 0.0946. The number of rotatable bonds is 5. The molecule has 0 unspecified atom stereocenters. The number of aromatic amines is 1. The molecule has 0 radical (unpaired) electrons. The van der Waals surface area contributed by atoms with Crippen LogP contribution in [0.1, 0.15) is 21.6 Å². The van der Waals surface area contributed by atoms with Crippen molar-refractivity contribution < 1.29 is 13.9 Å². The van der Waals surface area contributed by atoms with Crippen molar-refractivity contribution in [3.8, 4) is 17.6 Å². The molecule has 0 aliphatic rings. The molecule has 1 amide bonds. The maximum atomic E-state index is 14.9. The van der Waals surface area contributed by atoms with E-state index in [9.17, 15) is 9.18 Å². The highest BCUT2D eigenvalue weighted by Crippen LogP contribution is 2.35. The van der Waals surface area contributed by atoms with E-state index in [4.69, 9.17) is 44.8 Å². The van der Waals surface area contributed by atoms with Gasteiger partial charge in [-0.3, -0.25) is 4.79 Å². The first-order chi connectivity index (χ1) is 13.4. The van der Waals surface area contributed by atoms with Crippen LogP contribution in [-0.2, 0) is 6.54 Å². The first-order valence-corrected chi connectivity index (χ1v) is 8.99. The summed E-state index contributed by atoms with van der Waals surface area (Å²) in [6.45, 7) is -0.119. The Hall–Kier alpha value is -2.72. The molecule has 2 N–H and O–H groups in total. The summed E-state index contributed by atoms with van der Waals surface area (Å²) in [6, 6.07) is 10.6. The number of halogens is 4. The highest BCUT2D eigenvalue weighted by molar-refractivity contribution is 6.33. The van der Waals surface area contributed by atoms with E-state index in [0.717, 1.165) is 0 Å². The fraction of sp³-hybridized carbons (Fsp3) is 0.0526. The number of hydrogen-bond acceptors (Lipinski definition) is 3. The average molecular weight is 439 g/mol. The van der Waals surface area contributed by atoms with Crippen LogP contribution in [0.3, 0.4) is 0 Å². The van der Waals surface area contributed by atoms with Gasteiger partial charge in [0.25, 0.3) is 5.91 Å². The van der Waals surface area contributed by atoms with Crippen LogP contribution in [0, 0.1) is 17.1 Å². The highest BCUT2D eigenvalue weighted by atomic mass is 35.5. The Labute approximate surface area is 174 Å². The molecule has 0 fully saturated rings. The minimum atomic E-state index is -0.746. The van der Waals surface area contributed by atoms with Gasteiger partial charge in [-0.1, -0.05) is 40.9 Å². The number of carbonyl (C=O) groups is 1. The molecule has 28 heavy (non-hydrogen) atoms. The fourth-order valence-electron chi connectivity index (χ4n) is 2.40. The van der Waals surface area contributed by atoms with Gasteiger partial charge in [0.2, 0.25) is 0 Å². The molecule has 0 bridgehead atoms. The third-order valence-corrected chi connectivity index (χ3v) is 4.54. The van der Waals surface area contributed by atoms with E-state index in [2.05, 4.69) is 10.3 Å². The lowest BCUT2D eigenvalue weighted by Gasteiger charge is -2.13. The molecule has 142 valence electrons. The summed E-state index contributed by atoms with van der Waals surface area (Å²) in [5.41, 5.74) is 0.582. The smallest absolute Gasteiger partial charge is 0.269 e. The Morgan fingerprint density at radius 3 is 2.64 bits per heavy atom. The van der Waals surface area contributed by atoms with Crippen LogP contribution < -0.4 is 10.1 Å². The summed E-state index contributed by atoms with van der Waals surface area (Å²) in [5.74, 6) is -1.31. The molecular formula is C19H11Cl3FN3O2. The fourth-order valence-corrected chi connectivity index (χ4v) is 3.01. The third kappa shape index (κ3) is 4.39. The van der Waals surface area contributed by atoms with E-state index < -0.39 is 11.7 Å². The van der Waals surface area contributed by atoms with E-state index >= 15 is 0 Å². The lowest BCUT2D eigenvalue weighted by Crippen LogP contribution is -2.24. The number of benzene rings is 2. The van der Waals surface area contributed by atoms with Crippen LogP contribution in [0.5, 0.6) is 11.5 Å². The van der Waals surface area contributed by atoms with E-state index in [1.54, 1.807) is 0 Å². The standard InChI is InChI=1S/C19H11Cl3FN3O2/c20-12-5-10(8-24)6-13(7-12)28-18-15(22)2-1-11(16(18)23)9-26-19(27)17-14(21)3-4-25-17/h1-7,25H,9H2,(H,26,27). The topological polar surface area (TPSA) is 77.9 Å². The van der Waals surface area contributed by atoms with Gasteiger partial charge in [0.15, 0.2) is 11.6 Å². The van der Waals surface area contributed by atoms with Crippen molar-refractivity contribution in [2.75, 3.05) is 0 Å². The number of hydrogen-bond donors (Lipinski definition) is 2. The first-order valence-electron chi connectivity index (χ1n) is 7.85. The number of nitriles is 1. The van der Waals surface area contributed by atoms with Gasteiger partial charge in [-0.2, -0.15) is 5.26 Å². The summed E-state index contributed by atoms with van der Waals surface area (Å²) < 4.78 is 20.4. The molecule has 9 heteroatoms. The molecule has 2 aromatic carbocycles. The van der Waals surface area contributed by atoms with Crippen LogP contribution in [0.2, 0.25) is 15.1 Å². The molecule has 0 atom stereocenters. The third-order valence-electron chi connectivity index (χ3n) is 3.71. The van der Waals surface area contributed by atoms with Crippen molar-refractivity contribution in [3.05, 3.63) is 80.3 Å². The molecular weight excluding hydrogens is 428 g/mol. The van der Waals surface area contributed by atoms with Gasteiger partial charge in [0.1, 0.15) is 11.4 Å². The average Bonchev–Trinajstić information content (AvgIpc) is 3.09. The summed E-state index contributed by atoms with van der Waals surface area (Å²) in [7, 11) is 0. The first kappa shape index (κ1) is 20.0. The molecule has 5 nitrogen and oxygen atoms in total. The van der Waals surface area contributed by atoms with Gasteiger partial charge in [-0.15, -0.1) is 0 Å². The number of carbonyl (C=O) groups excluding carboxylic acids is 1. The van der Waals surface area contributed by atoms with Crippen molar-refractivity contribution in [3.63, 3.8) is 0 Å². The van der Waals surface area contributed by atoms with Crippen molar-refractivity contribution in [2.45, 2.75) is 6.54 Å². The highest BCUT2D eigenvalue weighted by Gasteiger charge is 2.17. The summed E-state index contributed by atoms with van der Waals surface area (Å²) in [6.07, 6.45) is 1.52. The number of ether oxygens (including phenoxy) is 1. The van der Waals surface area contributed by atoms with E-state index in [0.29, 0.717) is 0 Å². The summed E-state index contributed by atoms with van der Waals surface area (Å²) in [5, 5.41) is 12.1. The van der Waals surface area contributed by atoms with Gasteiger partial charge in [0, 0.05) is 23.3 Å². The Bertz CT molecular complexity index is 1090. The van der Waals surface area contributed by atoms with Crippen LogP contribution in [0.25, 0.3) is 0 Å². The minimum Gasteiger partial charge on any atom is -0.453 e. The zero-order valence-corrected chi connectivity index (χ0v) is 16.3. The molecule has 0 saturated heterocycles. The largest absolute Gasteiger partial charge is 0.453 e. The predicted octanol–water partition coefficient (Wildman–Crippen LogP) is 5.71. The molecule has 3 aromatic rings. The zero-order chi connectivity index (χ0) is 20.3. The van der Waals surface area contributed by atoms with E-state index in [1.165, 1.54) is 42.6 Å². The Morgan fingerprint density at radius 2 is 1.96 bits per heavy atom. The molecule has 3 rings (SSSR count). The van der Waals surface area contributed by atoms with Gasteiger partial charge in [-0.05, 0) is 30.3 Å². The second-order valence-corrected chi connectivity index (χ2v) is 6.87. The molecule has 1 aromatic heterocycles. The maximum Gasteiger partial charge on any atom is 0.269 e. The van der Waals surface area contributed by atoms with Crippen LogP contribution in [0.4, 0.5) is 4.39 Å². The van der Waals surface area contributed by atoms with Crippen molar-refractivity contribution >= 4 is 40.7 Å². The van der Waals surface area contributed by atoms with Crippen molar-refractivity contribution in [1.82, 2.24) is 10.3 Å². The number of aromatic nitrogens is 1. The second kappa shape index (κ2) is 8.53. The monoisotopic (exact) mass is 437 g/mol. The number of nitrogens with one attached hydrogen (secondary N) is 2. The quantitative estimate of drug-likeness (QED) is 0.536. The summed E-state index contributed by atoms with van der Waals surface area (Å²) >= 11 is 17.9. The Balaban J connectivity index is 1.82. The lowest BCUT2D eigenvalue weighted by atomic mass is 10.2. The van der Waals surface area contributed by atoms with Gasteiger partial charge in [0.05, 0.1) is 21.7 Å². The van der Waals surface area contributed by atoms with Crippen LogP contribution in [-0.4, -0.2) is 10.9 Å². The van der Waals surface area contributed by atoms with E-state index in [1.807, 2.05) is 6.07 Å². The molecule has 0 saturated carbocycles. The van der Waals surface area contributed by atoms with Gasteiger partial charge < -0.3 is 15.0 Å². The Kier molecular flexibility index (Phi) is 6.10. The molecule has 0 aliphatic heterocycles. The van der Waals surface area contributed by atoms with Crippen molar-refractivity contribution in [1.29, 1.82) is 5.26 Å². The van der Waals surface area contributed by atoms with E-state index in [-0.39, 0.29) is 49.9 Å². The summed E-state index contributed by atoms with van der Waals surface area (Å²) in [4.78, 5) is 14.8. The zero-order valence-electron chi connectivity index (χ0n) is 14.0. The second-order valence-electron chi connectivity index (χ2n) is 5.62. The maximum absolute atomic E-state index is 14.9. The molecule has 0 spiro atoms. The van der Waals surface area contributed by atoms with Crippen LogP contribution >= 0.6 is 34.8 Å². The van der Waals surface area contributed by atoms with Crippen molar-refractivity contribution in [2.24, 2.45) is 0 Å². The molecule has 0 aliphatic carbocycles. The number of H-pyrrole nitrogens is 1. The Morgan fingerprint density at radius 1 is 1.18 bits per heavy atom. The van der Waals surface area contributed by atoms with Crippen LogP contribution in [0.15, 0.2) is 42.6 Å². The number of nitrogens with zero attached hydrogens (tertiary/aromatic N) is 1. The predicted molar refractivity (Wildman–Crippen MR) is 105 cm³/mol. The minimum absolute atomic E-state index is 0.0264. The van der Waals surface area contributed by atoms with Gasteiger partial charge in [-0.25, -0.2) is 4.39 Å².